The molecule has 136 valence electrons. The molecule has 5 rings (SSSR count). The predicted octanol–water partition coefficient (Wildman–Crippen LogP) is 3.40. The van der Waals surface area contributed by atoms with Crippen LogP contribution in [-0.4, -0.2) is 42.1 Å². The number of para-hydroxylation sites is 1. The molecule has 0 saturated carbocycles. The van der Waals surface area contributed by atoms with E-state index in [1.54, 1.807) is 0 Å². The van der Waals surface area contributed by atoms with Crippen LogP contribution in [0.5, 0.6) is 0 Å². The Morgan fingerprint density at radius 1 is 0.889 bits per heavy atom. The maximum atomic E-state index is 13.1. The molecular weight excluding hydrogens is 338 g/mol. The van der Waals surface area contributed by atoms with Gasteiger partial charge in [-0.2, -0.15) is 0 Å². The van der Waals surface area contributed by atoms with E-state index in [1.165, 1.54) is 11.3 Å². The van der Waals surface area contributed by atoms with Gasteiger partial charge in [0, 0.05) is 43.0 Å². The topological polar surface area (TPSA) is 49.6 Å². The van der Waals surface area contributed by atoms with Gasteiger partial charge in [-0.3, -0.25) is 4.79 Å². The van der Waals surface area contributed by atoms with E-state index in [2.05, 4.69) is 28.3 Å². The van der Waals surface area contributed by atoms with Gasteiger partial charge in [0.25, 0.3) is 5.91 Å². The lowest BCUT2D eigenvalue weighted by Crippen LogP contribution is -2.49. The second kappa shape index (κ2) is 6.58. The number of hydrogen-bond donors (Lipinski definition) is 0. The fraction of sp³-hybridized carbons (Fsp3) is 0.273. The first-order chi connectivity index (χ1) is 13.3. The van der Waals surface area contributed by atoms with Gasteiger partial charge in [-0.15, -0.1) is 0 Å². The van der Waals surface area contributed by atoms with Crippen LogP contribution in [0, 0.1) is 0 Å². The summed E-state index contributed by atoms with van der Waals surface area (Å²) in [5, 5.41) is 4.17. The second-order valence-corrected chi connectivity index (χ2v) is 7.11. The molecule has 1 amide bonds. The Morgan fingerprint density at radius 2 is 1.63 bits per heavy atom. The molecule has 0 atom stereocenters. The fourth-order valence-corrected chi connectivity index (χ4v) is 4.10. The molecule has 2 aromatic carbocycles. The van der Waals surface area contributed by atoms with Crippen LogP contribution < -0.4 is 4.90 Å². The molecule has 1 aliphatic heterocycles. The van der Waals surface area contributed by atoms with Gasteiger partial charge < -0.3 is 14.3 Å². The summed E-state index contributed by atoms with van der Waals surface area (Å²) >= 11 is 0. The Hall–Kier alpha value is -3.08. The molecule has 1 aromatic heterocycles. The van der Waals surface area contributed by atoms with Crippen molar-refractivity contribution in [2.24, 2.45) is 0 Å². The second-order valence-electron chi connectivity index (χ2n) is 7.11. The molecule has 0 radical (unpaired) electrons. The molecule has 1 fully saturated rings. The summed E-state index contributed by atoms with van der Waals surface area (Å²) in [6.45, 7) is 3.06. The highest BCUT2D eigenvalue weighted by molar-refractivity contribution is 5.95. The zero-order valence-corrected chi connectivity index (χ0v) is 15.1. The van der Waals surface area contributed by atoms with Crippen LogP contribution in [0.4, 0.5) is 5.69 Å². The molecule has 5 nitrogen and oxygen atoms in total. The van der Waals surface area contributed by atoms with Gasteiger partial charge >= 0.3 is 0 Å². The van der Waals surface area contributed by atoms with Gasteiger partial charge in [0.1, 0.15) is 0 Å². The predicted molar refractivity (Wildman–Crippen MR) is 104 cm³/mol. The standard InChI is InChI=1S/C22H21N3O2/c26-22(25-14-12-24(13-15-25)17-7-2-1-3-8-17)20-19-11-10-16-6-4-5-9-18(16)21(19)27-23-20/h1-9H,10-15H2. The van der Waals surface area contributed by atoms with Crippen LogP contribution in [0.1, 0.15) is 21.6 Å². The highest BCUT2D eigenvalue weighted by atomic mass is 16.5. The minimum atomic E-state index is -0.00732. The van der Waals surface area contributed by atoms with Crippen molar-refractivity contribution in [1.29, 1.82) is 0 Å². The smallest absolute Gasteiger partial charge is 0.276 e. The zero-order chi connectivity index (χ0) is 18.2. The zero-order valence-electron chi connectivity index (χ0n) is 15.1. The number of amides is 1. The van der Waals surface area contributed by atoms with Crippen molar-refractivity contribution in [3.8, 4) is 11.3 Å². The van der Waals surface area contributed by atoms with E-state index in [-0.39, 0.29) is 5.91 Å². The molecule has 5 heteroatoms. The van der Waals surface area contributed by atoms with Crippen molar-refractivity contribution in [1.82, 2.24) is 10.1 Å². The molecule has 0 spiro atoms. The summed E-state index contributed by atoms with van der Waals surface area (Å²) in [6, 6.07) is 18.6. The van der Waals surface area contributed by atoms with Crippen molar-refractivity contribution in [2.75, 3.05) is 31.1 Å². The average Bonchev–Trinajstić information content (AvgIpc) is 3.19. The molecule has 1 saturated heterocycles. The molecule has 0 unspecified atom stereocenters. The van der Waals surface area contributed by atoms with Crippen LogP contribution in [0.25, 0.3) is 11.3 Å². The van der Waals surface area contributed by atoms with Crippen molar-refractivity contribution >= 4 is 11.6 Å². The first-order valence-electron chi connectivity index (χ1n) is 9.47. The first-order valence-corrected chi connectivity index (χ1v) is 9.47. The van der Waals surface area contributed by atoms with Crippen LogP contribution >= 0.6 is 0 Å². The van der Waals surface area contributed by atoms with Crippen LogP contribution in [-0.2, 0) is 12.8 Å². The van der Waals surface area contributed by atoms with Gasteiger partial charge in [-0.05, 0) is 30.5 Å². The van der Waals surface area contributed by atoms with E-state index in [0.29, 0.717) is 18.8 Å². The van der Waals surface area contributed by atoms with Crippen LogP contribution in [0.15, 0.2) is 59.1 Å². The van der Waals surface area contributed by atoms with Crippen molar-refractivity contribution in [2.45, 2.75) is 12.8 Å². The number of nitrogens with zero attached hydrogens (tertiary/aromatic N) is 3. The number of carbonyl (C=O) groups is 1. The Balaban J connectivity index is 1.34. The van der Waals surface area contributed by atoms with Gasteiger partial charge in [0.15, 0.2) is 11.5 Å². The quantitative estimate of drug-likeness (QED) is 0.704. The maximum Gasteiger partial charge on any atom is 0.276 e. The van der Waals surface area contributed by atoms with Crippen molar-refractivity contribution in [3.05, 3.63) is 71.4 Å². The Bertz CT molecular complexity index is 972. The molecular formula is C22H21N3O2. The number of benzene rings is 2. The molecule has 2 aliphatic rings. The number of piperazine rings is 1. The molecule has 3 aromatic rings. The summed E-state index contributed by atoms with van der Waals surface area (Å²) < 4.78 is 5.61. The lowest BCUT2D eigenvalue weighted by molar-refractivity contribution is 0.0735. The molecule has 2 heterocycles. The van der Waals surface area contributed by atoms with Crippen molar-refractivity contribution in [3.63, 3.8) is 0 Å². The lowest BCUT2D eigenvalue weighted by Gasteiger charge is -2.35. The molecule has 27 heavy (non-hydrogen) atoms. The minimum Gasteiger partial charge on any atom is -0.368 e. The first kappa shape index (κ1) is 16.1. The van der Waals surface area contributed by atoms with E-state index in [9.17, 15) is 4.79 Å². The van der Waals surface area contributed by atoms with Gasteiger partial charge in [0.05, 0.1) is 0 Å². The number of anilines is 1. The minimum absolute atomic E-state index is 0.00732. The van der Waals surface area contributed by atoms with E-state index < -0.39 is 0 Å². The highest BCUT2D eigenvalue weighted by Crippen LogP contribution is 2.35. The van der Waals surface area contributed by atoms with Gasteiger partial charge in [0.2, 0.25) is 0 Å². The summed E-state index contributed by atoms with van der Waals surface area (Å²) in [5.41, 5.74) is 4.99. The SMILES string of the molecule is O=C(c1noc2c1CCc1ccccc1-2)N1CCN(c2ccccc2)CC1. The average molecular weight is 359 g/mol. The third kappa shape index (κ3) is 2.79. The van der Waals surface area contributed by atoms with E-state index in [1.807, 2.05) is 41.3 Å². The number of fused-ring (bicyclic) bond motifs is 3. The Labute approximate surface area is 158 Å². The van der Waals surface area contributed by atoms with Crippen LogP contribution in [0.3, 0.4) is 0 Å². The summed E-state index contributed by atoms with van der Waals surface area (Å²) in [7, 11) is 0. The fourth-order valence-electron chi connectivity index (χ4n) is 4.10. The Morgan fingerprint density at radius 3 is 2.44 bits per heavy atom. The van der Waals surface area contributed by atoms with Gasteiger partial charge in [-0.25, -0.2) is 0 Å². The number of rotatable bonds is 2. The normalized spacial score (nSPS) is 16.0. The lowest BCUT2D eigenvalue weighted by atomic mass is 9.89. The molecule has 0 N–H and O–H groups in total. The van der Waals surface area contributed by atoms with Gasteiger partial charge in [-0.1, -0.05) is 47.6 Å². The number of hydrogen-bond acceptors (Lipinski definition) is 4. The summed E-state index contributed by atoms with van der Waals surface area (Å²) in [4.78, 5) is 17.3. The van der Waals surface area contributed by atoms with E-state index in [4.69, 9.17) is 4.52 Å². The number of aryl methyl sites for hydroxylation is 1. The molecule has 0 bridgehead atoms. The van der Waals surface area contributed by atoms with Crippen LogP contribution in [0.2, 0.25) is 0 Å². The third-order valence-corrected chi connectivity index (χ3v) is 5.59. The summed E-state index contributed by atoms with van der Waals surface area (Å²) in [6.07, 6.45) is 1.73. The van der Waals surface area contributed by atoms with E-state index >= 15 is 0 Å². The Kier molecular flexibility index (Phi) is 3.93. The molecule has 1 aliphatic carbocycles. The number of aromatic nitrogens is 1. The maximum absolute atomic E-state index is 13.1. The number of carbonyl (C=O) groups excluding carboxylic acids is 1. The van der Waals surface area contributed by atoms with Crippen molar-refractivity contribution < 1.29 is 9.32 Å². The monoisotopic (exact) mass is 359 g/mol. The highest BCUT2D eigenvalue weighted by Gasteiger charge is 2.31. The largest absolute Gasteiger partial charge is 0.368 e. The van der Waals surface area contributed by atoms with E-state index in [0.717, 1.165) is 42.8 Å². The third-order valence-electron chi connectivity index (χ3n) is 5.59. The summed E-state index contributed by atoms with van der Waals surface area (Å²) in [5.74, 6) is 0.759.